The number of aliphatic imine (C=N–C) groups is 1. The summed E-state index contributed by atoms with van der Waals surface area (Å²) in [6, 6.07) is 0. The molecule has 2 aliphatic heterocycles. The van der Waals surface area contributed by atoms with Crippen LogP contribution in [-0.2, 0) is 4.74 Å². The lowest BCUT2D eigenvalue weighted by Crippen LogP contribution is -2.27. The van der Waals surface area contributed by atoms with Crippen LogP contribution < -0.4 is 0 Å². The smallest absolute Gasteiger partial charge is 0.161 e. The lowest BCUT2D eigenvalue weighted by atomic mass is 9.92. The van der Waals surface area contributed by atoms with Crippen LogP contribution in [0.2, 0.25) is 0 Å². The third-order valence-corrected chi connectivity index (χ3v) is 2.94. The van der Waals surface area contributed by atoms with E-state index in [0.29, 0.717) is 6.10 Å². The molecule has 2 atom stereocenters. The van der Waals surface area contributed by atoms with Crippen molar-refractivity contribution in [3.8, 4) is 0 Å². The molecule has 2 heterocycles. The highest BCUT2D eigenvalue weighted by atomic mass is 16.6. The van der Waals surface area contributed by atoms with Crippen LogP contribution in [0.5, 0.6) is 0 Å². The first kappa shape index (κ1) is 6.61. The third kappa shape index (κ3) is 0.547. The Bertz CT molecular complexity index is 327. The topological polar surface area (TPSA) is 24.9 Å². The van der Waals surface area contributed by atoms with Gasteiger partial charge in [-0.25, -0.2) is 0 Å². The second-order valence-electron chi connectivity index (χ2n) is 3.48. The summed E-state index contributed by atoms with van der Waals surface area (Å²) in [5, 5.41) is 0. The molecule has 1 fully saturated rings. The van der Waals surface area contributed by atoms with E-state index in [-0.39, 0.29) is 5.60 Å². The van der Waals surface area contributed by atoms with E-state index in [1.165, 1.54) is 5.57 Å². The van der Waals surface area contributed by atoms with E-state index in [0.717, 1.165) is 18.7 Å². The Kier molecular flexibility index (Phi) is 1.04. The fourth-order valence-electron chi connectivity index (χ4n) is 2.28. The van der Waals surface area contributed by atoms with E-state index >= 15 is 0 Å². The molecule has 0 bridgehead atoms. The molecule has 1 saturated heterocycles. The van der Waals surface area contributed by atoms with Crippen molar-refractivity contribution in [3.05, 3.63) is 23.8 Å². The van der Waals surface area contributed by atoms with Crippen molar-refractivity contribution in [2.75, 3.05) is 6.54 Å². The average Bonchev–Trinajstić information content (AvgIpc) is 2.72. The van der Waals surface area contributed by atoms with Crippen molar-refractivity contribution in [2.45, 2.75) is 25.0 Å². The molecule has 0 amide bonds. The van der Waals surface area contributed by atoms with Gasteiger partial charge in [0.15, 0.2) is 5.60 Å². The highest BCUT2D eigenvalue weighted by molar-refractivity contribution is 6.11. The normalized spacial score (nSPS) is 45.6. The maximum atomic E-state index is 5.73. The van der Waals surface area contributed by atoms with Gasteiger partial charge in [-0.1, -0.05) is 12.2 Å². The number of hydrogen-bond acceptors (Lipinski definition) is 2. The van der Waals surface area contributed by atoms with Gasteiger partial charge in [0.1, 0.15) is 6.10 Å². The second-order valence-corrected chi connectivity index (χ2v) is 3.48. The number of allylic oxidation sites excluding steroid dienone is 1. The molecular formula is C10H11NO. The van der Waals surface area contributed by atoms with Crippen LogP contribution in [-0.4, -0.2) is 24.0 Å². The molecule has 1 unspecified atom stereocenters. The van der Waals surface area contributed by atoms with Gasteiger partial charge in [-0.15, -0.1) is 0 Å². The Morgan fingerprint density at radius 3 is 3.42 bits per heavy atom. The second kappa shape index (κ2) is 1.88. The third-order valence-electron chi connectivity index (χ3n) is 2.94. The van der Waals surface area contributed by atoms with Gasteiger partial charge in [0.25, 0.3) is 0 Å². The first-order valence-corrected chi connectivity index (χ1v) is 4.45. The van der Waals surface area contributed by atoms with Gasteiger partial charge in [-0.05, 0) is 25.0 Å². The van der Waals surface area contributed by atoms with Gasteiger partial charge in [0.05, 0.1) is 5.71 Å². The highest BCUT2D eigenvalue weighted by Crippen LogP contribution is 2.51. The van der Waals surface area contributed by atoms with Gasteiger partial charge >= 0.3 is 0 Å². The van der Waals surface area contributed by atoms with Crippen molar-refractivity contribution in [3.63, 3.8) is 0 Å². The Labute approximate surface area is 71.6 Å². The monoisotopic (exact) mass is 161 g/mol. The molecule has 0 aromatic carbocycles. The SMILES string of the molecule is C/C=C1/C=CC2=NCCC3O[C@]213. The number of nitrogens with zero attached hydrogens (tertiary/aromatic N) is 1. The quantitative estimate of drug-likeness (QED) is 0.494. The molecule has 12 heavy (non-hydrogen) atoms. The van der Waals surface area contributed by atoms with E-state index in [1.54, 1.807) is 0 Å². The first-order valence-electron chi connectivity index (χ1n) is 4.45. The molecule has 0 aromatic rings. The Morgan fingerprint density at radius 2 is 2.58 bits per heavy atom. The number of epoxide rings is 1. The maximum absolute atomic E-state index is 5.73. The van der Waals surface area contributed by atoms with Crippen LogP contribution in [0.4, 0.5) is 0 Å². The first-order chi connectivity index (χ1) is 5.88. The lowest BCUT2D eigenvalue weighted by molar-refractivity contribution is 0.364. The zero-order valence-corrected chi connectivity index (χ0v) is 7.08. The van der Waals surface area contributed by atoms with E-state index < -0.39 is 0 Å². The summed E-state index contributed by atoms with van der Waals surface area (Å²) in [4.78, 5) is 4.47. The average molecular weight is 161 g/mol. The molecule has 0 aromatic heterocycles. The molecule has 62 valence electrons. The molecule has 2 nitrogen and oxygen atoms in total. The molecular weight excluding hydrogens is 150 g/mol. The standard InChI is InChI=1S/C10H11NO/c1-2-7-3-4-8-10(7)9(12-10)5-6-11-8/h2-4,9H,5-6H2,1H3/b7-2-/t9?,10-/m0/s1. The number of hydrogen-bond donors (Lipinski definition) is 0. The van der Waals surface area contributed by atoms with Gasteiger partial charge in [-0.3, -0.25) is 4.99 Å². The van der Waals surface area contributed by atoms with Crippen LogP contribution >= 0.6 is 0 Å². The molecule has 3 rings (SSSR count). The van der Waals surface area contributed by atoms with Gasteiger partial charge in [0, 0.05) is 6.54 Å². The Balaban J connectivity index is 2.14. The number of ether oxygens (including phenoxy) is 1. The van der Waals surface area contributed by atoms with E-state index in [1.807, 2.05) is 0 Å². The van der Waals surface area contributed by atoms with Crippen LogP contribution in [0.15, 0.2) is 28.8 Å². The largest absolute Gasteiger partial charge is 0.354 e. The molecule has 0 N–H and O–H groups in total. The van der Waals surface area contributed by atoms with Crippen molar-refractivity contribution in [1.82, 2.24) is 0 Å². The molecule has 1 spiro atoms. The summed E-state index contributed by atoms with van der Waals surface area (Å²) in [7, 11) is 0. The highest BCUT2D eigenvalue weighted by Gasteiger charge is 2.63. The minimum absolute atomic E-state index is 0.0764. The minimum Gasteiger partial charge on any atom is -0.354 e. The van der Waals surface area contributed by atoms with Gasteiger partial charge in [-0.2, -0.15) is 0 Å². The molecule has 0 saturated carbocycles. The van der Waals surface area contributed by atoms with E-state index in [4.69, 9.17) is 4.74 Å². The van der Waals surface area contributed by atoms with Crippen LogP contribution in [0, 0.1) is 0 Å². The van der Waals surface area contributed by atoms with Crippen molar-refractivity contribution in [2.24, 2.45) is 4.99 Å². The zero-order chi connectivity index (χ0) is 8.18. The summed E-state index contributed by atoms with van der Waals surface area (Å²) < 4.78 is 5.73. The predicted octanol–water partition coefficient (Wildman–Crippen LogP) is 1.48. The van der Waals surface area contributed by atoms with Crippen LogP contribution in [0.3, 0.4) is 0 Å². The number of rotatable bonds is 0. The molecule has 3 aliphatic rings. The van der Waals surface area contributed by atoms with Crippen LogP contribution in [0.1, 0.15) is 13.3 Å². The Morgan fingerprint density at radius 1 is 1.67 bits per heavy atom. The molecule has 2 heteroatoms. The summed E-state index contributed by atoms with van der Waals surface area (Å²) in [6.45, 7) is 2.99. The van der Waals surface area contributed by atoms with Crippen molar-refractivity contribution < 1.29 is 4.74 Å². The van der Waals surface area contributed by atoms with E-state index in [2.05, 4.69) is 30.1 Å². The summed E-state index contributed by atoms with van der Waals surface area (Å²) in [6.07, 6.45) is 7.86. The van der Waals surface area contributed by atoms with Crippen molar-refractivity contribution in [1.29, 1.82) is 0 Å². The fourth-order valence-corrected chi connectivity index (χ4v) is 2.28. The molecule has 1 aliphatic carbocycles. The fraction of sp³-hybridized carbons (Fsp3) is 0.500. The van der Waals surface area contributed by atoms with Crippen LogP contribution in [0.25, 0.3) is 0 Å². The van der Waals surface area contributed by atoms with Gasteiger partial charge in [0.2, 0.25) is 0 Å². The predicted molar refractivity (Wildman–Crippen MR) is 47.4 cm³/mol. The summed E-state index contributed by atoms with van der Waals surface area (Å²) >= 11 is 0. The zero-order valence-electron chi connectivity index (χ0n) is 7.08. The lowest BCUT2D eigenvalue weighted by Gasteiger charge is -2.12. The maximum Gasteiger partial charge on any atom is 0.161 e. The minimum atomic E-state index is -0.0764. The summed E-state index contributed by atoms with van der Waals surface area (Å²) in [5.74, 6) is 0. The van der Waals surface area contributed by atoms with Gasteiger partial charge < -0.3 is 4.74 Å². The molecule has 0 radical (unpaired) electrons. The van der Waals surface area contributed by atoms with E-state index in [9.17, 15) is 0 Å². The van der Waals surface area contributed by atoms with Crippen molar-refractivity contribution >= 4 is 5.71 Å². The summed E-state index contributed by atoms with van der Waals surface area (Å²) in [5.41, 5.74) is 2.37. The Hall–Kier alpha value is -0.890.